The molecule has 0 spiro atoms. The SMILES string of the molecule is CCOC(=O)C(C)(N)CCCn1ncc(Cl)c1C. The molecule has 1 unspecified atom stereocenters. The van der Waals surface area contributed by atoms with Crippen molar-refractivity contribution in [1.29, 1.82) is 0 Å². The van der Waals surface area contributed by atoms with Gasteiger partial charge >= 0.3 is 5.97 Å². The summed E-state index contributed by atoms with van der Waals surface area (Å²) >= 11 is 5.91. The highest BCUT2D eigenvalue weighted by Gasteiger charge is 2.29. The Morgan fingerprint density at radius 1 is 1.67 bits per heavy atom. The molecule has 0 bridgehead atoms. The zero-order valence-electron chi connectivity index (χ0n) is 11.1. The molecule has 0 fully saturated rings. The Balaban J connectivity index is 2.46. The summed E-state index contributed by atoms with van der Waals surface area (Å²) in [6.07, 6.45) is 2.90. The Morgan fingerprint density at radius 2 is 2.33 bits per heavy atom. The summed E-state index contributed by atoms with van der Waals surface area (Å²) in [6.45, 7) is 6.39. The van der Waals surface area contributed by atoms with Crippen molar-refractivity contribution in [2.45, 2.75) is 45.7 Å². The summed E-state index contributed by atoms with van der Waals surface area (Å²) in [6, 6.07) is 0. The van der Waals surface area contributed by atoms with E-state index in [1.807, 2.05) is 11.6 Å². The van der Waals surface area contributed by atoms with Crippen molar-refractivity contribution in [3.8, 4) is 0 Å². The lowest BCUT2D eigenvalue weighted by Crippen LogP contribution is -2.46. The number of hydrogen-bond donors (Lipinski definition) is 1. The molecule has 2 N–H and O–H groups in total. The van der Waals surface area contributed by atoms with Gasteiger partial charge in [0.25, 0.3) is 0 Å². The molecule has 18 heavy (non-hydrogen) atoms. The van der Waals surface area contributed by atoms with Crippen LogP contribution in [-0.2, 0) is 16.1 Å². The fourth-order valence-electron chi connectivity index (χ4n) is 1.64. The van der Waals surface area contributed by atoms with Crippen LogP contribution < -0.4 is 5.73 Å². The molecule has 1 atom stereocenters. The third kappa shape index (κ3) is 3.71. The van der Waals surface area contributed by atoms with Gasteiger partial charge in [0.1, 0.15) is 5.54 Å². The second-order valence-corrected chi connectivity index (χ2v) is 4.95. The van der Waals surface area contributed by atoms with Gasteiger partial charge in [0.05, 0.1) is 23.5 Å². The van der Waals surface area contributed by atoms with Gasteiger partial charge in [-0.3, -0.25) is 9.48 Å². The van der Waals surface area contributed by atoms with E-state index in [-0.39, 0.29) is 5.97 Å². The average Bonchev–Trinajstić information content (AvgIpc) is 2.61. The van der Waals surface area contributed by atoms with Crippen molar-refractivity contribution in [2.75, 3.05) is 6.61 Å². The molecule has 102 valence electrons. The minimum Gasteiger partial charge on any atom is -0.465 e. The first-order valence-corrected chi connectivity index (χ1v) is 6.40. The Bertz CT molecular complexity index is 415. The second kappa shape index (κ2) is 6.20. The van der Waals surface area contributed by atoms with E-state index in [1.54, 1.807) is 20.0 Å². The zero-order valence-corrected chi connectivity index (χ0v) is 11.8. The van der Waals surface area contributed by atoms with Crippen LogP contribution in [0.2, 0.25) is 5.02 Å². The number of nitrogens with two attached hydrogens (primary N) is 1. The predicted molar refractivity (Wildman–Crippen MR) is 70.4 cm³/mol. The summed E-state index contributed by atoms with van der Waals surface area (Å²) < 4.78 is 6.74. The first-order chi connectivity index (χ1) is 8.38. The van der Waals surface area contributed by atoms with Crippen LogP contribution >= 0.6 is 11.6 Å². The molecule has 0 amide bonds. The third-order valence-corrected chi connectivity index (χ3v) is 3.22. The summed E-state index contributed by atoms with van der Waals surface area (Å²) in [7, 11) is 0. The summed E-state index contributed by atoms with van der Waals surface area (Å²) in [5, 5.41) is 4.79. The quantitative estimate of drug-likeness (QED) is 0.804. The highest BCUT2D eigenvalue weighted by atomic mass is 35.5. The number of aromatic nitrogens is 2. The number of esters is 1. The molecule has 0 aliphatic rings. The van der Waals surface area contributed by atoms with Gasteiger partial charge in [0.15, 0.2) is 0 Å². The number of rotatable bonds is 6. The molecule has 1 aromatic heterocycles. The van der Waals surface area contributed by atoms with Crippen LogP contribution in [0, 0.1) is 6.92 Å². The standard InChI is InChI=1S/C12H20ClN3O2/c1-4-18-11(17)12(3,14)6-5-7-16-9(2)10(13)8-15-16/h8H,4-7,14H2,1-3H3. The van der Waals surface area contributed by atoms with Crippen molar-refractivity contribution in [1.82, 2.24) is 9.78 Å². The van der Waals surface area contributed by atoms with Gasteiger partial charge in [0.2, 0.25) is 0 Å². The van der Waals surface area contributed by atoms with E-state index in [9.17, 15) is 4.79 Å². The number of halogens is 1. The molecule has 0 radical (unpaired) electrons. The number of carbonyl (C=O) groups excluding carboxylic acids is 1. The van der Waals surface area contributed by atoms with Gasteiger partial charge in [-0.1, -0.05) is 11.6 Å². The maximum atomic E-state index is 11.6. The zero-order chi connectivity index (χ0) is 13.8. The summed E-state index contributed by atoms with van der Waals surface area (Å²) in [5.74, 6) is -0.361. The minimum absolute atomic E-state index is 0.347. The number of hydrogen-bond acceptors (Lipinski definition) is 4. The Kier molecular flexibility index (Phi) is 5.16. The van der Waals surface area contributed by atoms with Gasteiger partial charge in [0, 0.05) is 6.54 Å². The normalized spacial score (nSPS) is 14.3. The molecular weight excluding hydrogens is 254 g/mol. The van der Waals surface area contributed by atoms with Crippen LogP contribution in [0.3, 0.4) is 0 Å². The van der Waals surface area contributed by atoms with Crippen molar-refractivity contribution in [3.63, 3.8) is 0 Å². The van der Waals surface area contributed by atoms with E-state index in [0.29, 0.717) is 24.6 Å². The molecule has 0 saturated heterocycles. The van der Waals surface area contributed by atoms with Crippen molar-refractivity contribution in [3.05, 3.63) is 16.9 Å². The van der Waals surface area contributed by atoms with E-state index in [2.05, 4.69) is 5.10 Å². The fraction of sp³-hybridized carbons (Fsp3) is 0.667. The lowest BCUT2D eigenvalue weighted by molar-refractivity contribution is -0.149. The highest BCUT2D eigenvalue weighted by Crippen LogP contribution is 2.16. The molecule has 5 nitrogen and oxygen atoms in total. The van der Waals surface area contributed by atoms with Crippen LogP contribution in [0.15, 0.2) is 6.20 Å². The molecular formula is C12H20ClN3O2. The van der Waals surface area contributed by atoms with Crippen LogP contribution in [0.4, 0.5) is 0 Å². The lowest BCUT2D eigenvalue weighted by atomic mass is 9.97. The molecule has 1 aromatic rings. The molecule has 0 aliphatic heterocycles. The van der Waals surface area contributed by atoms with E-state index in [1.165, 1.54) is 0 Å². The largest absolute Gasteiger partial charge is 0.465 e. The van der Waals surface area contributed by atoms with E-state index in [4.69, 9.17) is 22.1 Å². The topological polar surface area (TPSA) is 70.1 Å². The van der Waals surface area contributed by atoms with Crippen LogP contribution in [-0.4, -0.2) is 27.9 Å². The maximum Gasteiger partial charge on any atom is 0.325 e. The number of carbonyl (C=O) groups is 1. The Hall–Kier alpha value is -1.07. The van der Waals surface area contributed by atoms with E-state index in [0.717, 1.165) is 12.1 Å². The molecule has 1 heterocycles. The number of nitrogens with zero attached hydrogens (tertiary/aromatic N) is 2. The Labute approximate surface area is 112 Å². The van der Waals surface area contributed by atoms with Gasteiger partial charge in [-0.15, -0.1) is 0 Å². The third-order valence-electron chi connectivity index (χ3n) is 2.85. The number of ether oxygens (including phenoxy) is 1. The fourth-order valence-corrected chi connectivity index (χ4v) is 1.78. The first kappa shape index (κ1) is 15.0. The van der Waals surface area contributed by atoms with E-state index >= 15 is 0 Å². The summed E-state index contributed by atoms with van der Waals surface area (Å²) in [5.41, 5.74) is 5.90. The lowest BCUT2D eigenvalue weighted by Gasteiger charge is -2.22. The molecule has 0 aromatic carbocycles. The van der Waals surface area contributed by atoms with Crippen molar-refractivity contribution < 1.29 is 9.53 Å². The first-order valence-electron chi connectivity index (χ1n) is 6.02. The van der Waals surface area contributed by atoms with Crippen LogP contribution in [0.5, 0.6) is 0 Å². The van der Waals surface area contributed by atoms with E-state index < -0.39 is 5.54 Å². The van der Waals surface area contributed by atoms with Crippen molar-refractivity contribution in [2.24, 2.45) is 5.73 Å². The number of aryl methyl sites for hydroxylation is 1. The van der Waals surface area contributed by atoms with Crippen LogP contribution in [0.1, 0.15) is 32.4 Å². The molecule has 1 rings (SSSR count). The Morgan fingerprint density at radius 3 is 2.83 bits per heavy atom. The minimum atomic E-state index is -0.944. The average molecular weight is 274 g/mol. The molecule has 0 aliphatic carbocycles. The van der Waals surface area contributed by atoms with Crippen LogP contribution in [0.25, 0.3) is 0 Å². The van der Waals surface area contributed by atoms with Gasteiger partial charge in [-0.2, -0.15) is 5.10 Å². The predicted octanol–water partition coefficient (Wildman–Crippen LogP) is 1.91. The van der Waals surface area contributed by atoms with Gasteiger partial charge in [-0.05, 0) is 33.6 Å². The highest BCUT2D eigenvalue weighted by molar-refractivity contribution is 6.31. The molecule has 0 saturated carbocycles. The maximum absolute atomic E-state index is 11.6. The van der Waals surface area contributed by atoms with Crippen molar-refractivity contribution >= 4 is 17.6 Å². The van der Waals surface area contributed by atoms with Gasteiger partial charge in [-0.25, -0.2) is 0 Å². The second-order valence-electron chi connectivity index (χ2n) is 4.54. The molecule has 6 heteroatoms. The monoisotopic (exact) mass is 273 g/mol. The smallest absolute Gasteiger partial charge is 0.325 e. The summed E-state index contributed by atoms with van der Waals surface area (Å²) in [4.78, 5) is 11.6. The van der Waals surface area contributed by atoms with Gasteiger partial charge < -0.3 is 10.5 Å².